The Labute approximate surface area is 70.3 Å². The Kier molecular flexibility index (Phi) is 2.68. The quantitative estimate of drug-likeness (QED) is 0.722. The summed E-state index contributed by atoms with van der Waals surface area (Å²) in [5, 5.41) is 6.09. The van der Waals surface area contributed by atoms with Crippen molar-refractivity contribution in [1.29, 1.82) is 0 Å². The molecule has 66 valence electrons. The number of nitrogens with one attached hydrogen (secondary N) is 1. The molecule has 0 aliphatic carbocycles. The summed E-state index contributed by atoms with van der Waals surface area (Å²) in [6.07, 6.45) is 1.40. The first kappa shape index (κ1) is 8.58. The average molecular weight is 169 g/mol. The average Bonchev–Trinajstić information content (AvgIpc) is 2.55. The van der Waals surface area contributed by atoms with Crippen molar-refractivity contribution in [2.45, 2.75) is 6.92 Å². The zero-order chi connectivity index (χ0) is 8.97. The Morgan fingerprint density at radius 2 is 2.58 bits per heavy atom. The third-order valence-corrected chi connectivity index (χ3v) is 1.49. The maximum Gasteiger partial charge on any atom is 0.322 e. The summed E-state index contributed by atoms with van der Waals surface area (Å²) >= 11 is 0. The molecule has 0 fully saturated rings. The predicted octanol–water partition coefficient (Wildman–Crippen LogP) is 1.16. The van der Waals surface area contributed by atoms with Crippen molar-refractivity contribution in [2.24, 2.45) is 0 Å². The zero-order valence-electron chi connectivity index (χ0n) is 7.07. The Bertz CT molecular complexity index is 245. The summed E-state index contributed by atoms with van der Waals surface area (Å²) < 4.78 is 4.55. The third-order valence-electron chi connectivity index (χ3n) is 1.49. The molecule has 2 amide bonds. The van der Waals surface area contributed by atoms with Crippen LogP contribution in [0.25, 0.3) is 0 Å². The van der Waals surface area contributed by atoms with Crippen molar-refractivity contribution < 1.29 is 9.32 Å². The highest BCUT2D eigenvalue weighted by molar-refractivity contribution is 5.87. The smallest absolute Gasteiger partial charge is 0.322 e. The van der Waals surface area contributed by atoms with Crippen LogP contribution in [-0.4, -0.2) is 29.7 Å². The van der Waals surface area contributed by atoms with Gasteiger partial charge in [0.05, 0.1) is 0 Å². The number of hydrogen-bond acceptors (Lipinski definition) is 3. The number of hydrogen-bond donors (Lipinski definition) is 1. The first-order valence-corrected chi connectivity index (χ1v) is 3.66. The van der Waals surface area contributed by atoms with Gasteiger partial charge < -0.3 is 9.42 Å². The number of anilines is 1. The largest absolute Gasteiger partial charge is 0.363 e. The summed E-state index contributed by atoms with van der Waals surface area (Å²) in [6, 6.07) is 1.40. The van der Waals surface area contributed by atoms with Crippen molar-refractivity contribution in [1.82, 2.24) is 10.1 Å². The Morgan fingerprint density at radius 1 is 1.83 bits per heavy atom. The van der Waals surface area contributed by atoms with Crippen LogP contribution >= 0.6 is 0 Å². The normalized spacial score (nSPS) is 9.50. The lowest BCUT2D eigenvalue weighted by Gasteiger charge is -2.13. The van der Waals surface area contributed by atoms with Crippen LogP contribution in [-0.2, 0) is 0 Å². The van der Waals surface area contributed by atoms with E-state index in [0.29, 0.717) is 12.4 Å². The molecule has 0 saturated carbocycles. The lowest BCUT2D eigenvalue weighted by atomic mass is 10.6. The van der Waals surface area contributed by atoms with Gasteiger partial charge in [-0.1, -0.05) is 5.16 Å². The molecule has 0 aliphatic rings. The molecule has 5 heteroatoms. The Morgan fingerprint density at radius 3 is 3.08 bits per heavy atom. The number of rotatable bonds is 2. The number of nitrogens with zero attached hydrogens (tertiary/aromatic N) is 2. The fraction of sp³-hybridized carbons (Fsp3) is 0.429. The second-order valence-electron chi connectivity index (χ2n) is 2.33. The molecule has 0 unspecified atom stereocenters. The highest BCUT2D eigenvalue weighted by atomic mass is 16.5. The molecule has 0 radical (unpaired) electrons. The van der Waals surface area contributed by atoms with Crippen LogP contribution in [0, 0.1) is 0 Å². The molecule has 12 heavy (non-hydrogen) atoms. The van der Waals surface area contributed by atoms with E-state index < -0.39 is 0 Å². The minimum atomic E-state index is -0.189. The number of carbonyl (C=O) groups excluding carboxylic acids is 1. The number of aromatic nitrogens is 1. The van der Waals surface area contributed by atoms with Crippen LogP contribution in [0.5, 0.6) is 0 Å². The van der Waals surface area contributed by atoms with Gasteiger partial charge in [-0.25, -0.2) is 4.79 Å². The molecular weight excluding hydrogens is 158 g/mol. The van der Waals surface area contributed by atoms with Crippen LogP contribution < -0.4 is 5.32 Å². The standard InChI is InChI=1S/C7H11N3O2/c1-3-10(2)7(11)8-6-4-5-12-9-6/h4-5H,3H2,1-2H3,(H,8,9,11). The molecular formula is C7H11N3O2. The third kappa shape index (κ3) is 1.98. The van der Waals surface area contributed by atoms with Crippen LogP contribution in [0.2, 0.25) is 0 Å². The van der Waals surface area contributed by atoms with E-state index >= 15 is 0 Å². The summed E-state index contributed by atoms with van der Waals surface area (Å²) in [5.74, 6) is 0.431. The second kappa shape index (κ2) is 3.75. The van der Waals surface area contributed by atoms with Gasteiger partial charge in [-0.2, -0.15) is 0 Å². The highest BCUT2D eigenvalue weighted by Crippen LogP contribution is 2.01. The molecule has 5 nitrogen and oxygen atoms in total. The number of amides is 2. The molecule has 1 N–H and O–H groups in total. The lowest BCUT2D eigenvalue weighted by molar-refractivity contribution is 0.224. The van der Waals surface area contributed by atoms with Gasteiger partial charge in [-0.15, -0.1) is 0 Å². The lowest BCUT2D eigenvalue weighted by Crippen LogP contribution is -2.30. The van der Waals surface area contributed by atoms with Crippen LogP contribution in [0.1, 0.15) is 6.92 Å². The first-order chi connectivity index (χ1) is 5.74. The van der Waals surface area contributed by atoms with Gasteiger partial charge in [0.2, 0.25) is 0 Å². The van der Waals surface area contributed by atoms with E-state index in [1.807, 2.05) is 6.92 Å². The van der Waals surface area contributed by atoms with Crippen molar-refractivity contribution in [3.8, 4) is 0 Å². The van der Waals surface area contributed by atoms with Gasteiger partial charge in [0, 0.05) is 19.7 Å². The second-order valence-corrected chi connectivity index (χ2v) is 2.33. The van der Waals surface area contributed by atoms with Crippen molar-refractivity contribution in [3.63, 3.8) is 0 Å². The summed E-state index contributed by atoms with van der Waals surface area (Å²) in [7, 11) is 1.70. The van der Waals surface area contributed by atoms with Crippen LogP contribution in [0.15, 0.2) is 16.9 Å². The van der Waals surface area contributed by atoms with E-state index in [4.69, 9.17) is 0 Å². The van der Waals surface area contributed by atoms with Crippen molar-refractivity contribution >= 4 is 11.8 Å². The SMILES string of the molecule is CCN(C)C(=O)Nc1ccon1. The van der Waals surface area contributed by atoms with Gasteiger partial charge >= 0.3 is 6.03 Å². The van der Waals surface area contributed by atoms with E-state index in [0.717, 1.165) is 0 Å². The molecule has 0 bridgehead atoms. The van der Waals surface area contributed by atoms with Crippen LogP contribution in [0.4, 0.5) is 10.6 Å². The minimum Gasteiger partial charge on any atom is -0.363 e. The summed E-state index contributed by atoms with van der Waals surface area (Å²) in [5.41, 5.74) is 0. The summed E-state index contributed by atoms with van der Waals surface area (Å²) in [4.78, 5) is 12.7. The first-order valence-electron chi connectivity index (χ1n) is 3.66. The molecule has 1 aromatic heterocycles. The van der Waals surface area contributed by atoms with E-state index in [9.17, 15) is 4.79 Å². The van der Waals surface area contributed by atoms with Crippen LogP contribution in [0.3, 0.4) is 0 Å². The molecule has 0 spiro atoms. The molecule has 1 rings (SSSR count). The van der Waals surface area contributed by atoms with Gasteiger partial charge in [-0.3, -0.25) is 5.32 Å². The van der Waals surface area contributed by atoms with Crippen molar-refractivity contribution in [3.05, 3.63) is 12.3 Å². The monoisotopic (exact) mass is 169 g/mol. The molecule has 1 heterocycles. The van der Waals surface area contributed by atoms with Gasteiger partial charge in [0.25, 0.3) is 0 Å². The van der Waals surface area contributed by atoms with E-state index in [2.05, 4.69) is 15.0 Å². The van der Waals surface area contributed by atoms with Crippen molar-refractivity contribution in [2.75, 3.05) is 18.9 Å². The van der Waals surface area contributed by atoms with Gasteiger partial charge in [0.15, 0.2) is 5.82 Å². The maximum absolute atomic E-state index is 11.2. The van der Waals surface area contributed by atoms with E-state index in [-0.39, 0.29) is 6.03 Å². The fourth-order valence-electron chi connectivity index (χ4n) is 0.626. The van der Waals surface area contributed by atoms with E-state index in [1.54, 1.807) is 13.1 Å². The molecule has 0 aromatic carbocycles. The highest BCUT2D eigenvalue weighted by Gasteiger charge is 2.06. The fourth-order valence-corrected chi connectivity index (χ4v) is 0.626. The number of urea groups is 1. The molecule has 1 aromatic rings. The Balaban J connectivity index is 2.47. The zero-order valence-corrected chi connectivity index (χ0v) is 7.07. The maximum atomic E-state index is 11.2. The molecule has 0 saturated heterocycles. The molecule has 0 aliphatic heterocycles. The topological polar surface area (TPSA) is 58.4 Å². The predicted molar refractivity (Wildman–Crippen MR) is 43.8 cm³/mol. The van der Waals surface area contributed by atoms with Gasteiger partial charge in [0.1, 0.15) is 6.26 Å². The van der Waals surface area contributed by atoms with E-state index in [1.165, 1.54) is 11.2 Å². The number of carbonyl (C=O) groups is 1. The van der Waals surface area contributed by atoms with Gasteiger partial charge in [-0.05, 0) is 6.92 Å². The molecule has 0 atom stereocenters. The minimum absolute atomic E-state index is 0.189. The Hall–Kier alpha value is -1.52. The summed E-state index contributed by atoms with van der Waals surface area (Å²) in [6.45, 7) is 2.55.